The van der Waals surface area contributed by atoms with Gasteiger partial charge < -0.3 is 9.64 Å². The number of fused-ring (bicyclic) bond motifs is 1. The molecule has 1 N–H and O–H groups in total. The van der Waals surface area contributed by atoms with Crippen molar-refractivity contribution in [2.75, 3.05) is 11.4 Å². The molecular formula is C17H15ClFN5O2. The largest absolute Gasteiger partial charge is 0.439 e. The lowest BCUT2D eigenvalue weighted by Crippen LogP contribution is -2.35. The zero-order valence-electron chi connectivity index (χ0n) is 13.9. The summed E-state index contributed by atoms with van der Waals surface area (Å²) in [5, 5.41) is 6.21. The number of aromatic nitrogens is 4. The second-order valence-electron chi connectivity index (χ2n) is 6.00. The number of hydrogen-bond acceptors (Lipinski definition) is 5. The van der Waals surface area contributed by atoms with Gasteiger partial charge in [0.2, 0.25) is 5.88 Å². The summed E-state index contributed by atoms with van der Waals surface area (Å²) in [4.78, 5) is 18.0. The third kappa shape index (κ3) is 2.92. The van der Waals surface area contributed by atoms with Crippen LogP contribution in [-0.4, -0.2) is 26.3 Å². The van der Waals surface area contributed by atoms with Crippen molar-refractivity contribution < 1.29 is 9.13 Å². The summed E-state index contributed by atoms with van der Waals surface area (Å²) >= 11 is 6.09. The molecular weight excluding hydrogens is 361 g/mol. The second-order valence-corrected chi connectivity index (χ2v) is 6.37. The Morgan fingerprint density at radius 3 is 3.00 bits per heavy atom. The minimum atomic E-state index is -0.427. The van der Waals surface area contributed by atoms with E-state index in [4.69, 9.17) is 16.3 Å². The van der Waals surface area contributed by atoms with Crippen LogP contribution in [0.3, 0.4) is 0 Å². The Bertz CT molecular complexity index is 1030. The summed E-state index contributed by atoms with van der Waals surface area (Å²) in [7, 11) is 0. The maximum Gasteiger partial charge on any atom is 0.285 e. The molecule has 0 saturated heterocycles. The van der Waals surface area contributed by atoms with Crippen LogP contribution in [0.2, 0.25) is 5.02 Å². The van der Waals surface area contributed by atoms with E-state index < -0.39 is 5.56 Å². The molecule has 1 aliphatic rings. The molecule has 0 amide bonds. The quantitative estimate of drug-likeness (QED) is 0.761. The highest BCUT2D eigenvalue weighted by molar-refractivity contribution is 6.32. The Labute approximate surface area is 153 Å². The molecule has 26 heavy (non-hydrogen) atoms. The molecule has 0 saturated carbocycles. The molecule has 0 spiro atoms. The summed E-state index contributed by atoms with van der Waals surface area (Å²) < 4.78 is 21.3. The molecule has 9 heteroatoms. The van der Waals surface area contributed by atoms with Gasteiger partial charge >= 0.3 is 0 Å². The molecule has 1 aromatic carbocycles. The third-order valence-electron chi connectivity index (χ3n) is 4.31. The summed E-state index contributed by atoms with van der Waals surface area (Å²) in [6, 6.07) is 4.42. The van der Waals surface area contributed by atoms with E-state index in [1.54, 1.807) is 12.3 Å². The summed E-state index contributed by atoms with van der Waals surface area (Å²) in [6.45, 7) is 3.50. The van der Waals surface area contributed by atoms with Crippen LogP contribution >= 0.6 is 11.6 Å². The van der Waals surface area contributed by atoms with Gasteiger partial charge in [-0.25, -0.2) is 14.5 Å². The summed E-state index contributed by atoms with van der Waals surface area (Å²) in [5.74, 6) is 1.41. The number of nitrogens with zero attached hydrogens (tertiary/aromatic N) is 4. The van der Waals surface area contributed by atoms with Crippen LogP contribution in [0.25, 0.3) is 0 Å². The van der Waals surface area contributed by atoms with E-state index in [-0.39, 0.29) is 10.8 Å². The van der Waals surface area contributed by atoms with Crippen molar-refractivity contribution in [2.45, 2.75) is 20.0 Å². The van der Waals surface area contributed by atoms with Gasteiger partial charge in [0, 0.05) is 19.2 Å². The van der Waals surface area contributed by atoms with Crippen molar-refractivity contribution in [1.29, 1.82) is 0 Å². The van der Waals surface area contributed by atoms with E-state index in [2.05, 4.69) is 15.2 Å². The van der Waals surface area contributed by atoms with E-state index in [1.807, 2.05) is 16.4 Å². The van der Waals surface area contributed by atoms with E-state index in [0.29, 0.717) is 37.0 Å². The van der Waals surface area contributed by atoms with Crippen molar-refractivity contribution in [3.05, 3.63) is 63.2 Å². The van der Waals surface area contributed by atoms with Crippen LogP contribution < -0.4 is 15.2 Å². The van der Waals surface area contributed by atoms with Gasteiger partial charge in [-0.05, 0) is 18.6 Å². The molecule has 2 aromatic heterocycles. The molecule has 0 atom stereocenters. The fraction of sp³-hybridized carbons (Fsp3) is 0.235. The van der Waals surface area contributed by atoms with Crippen LogP contribution in [0.1, 0.15) is 11.4 Å². The number of aryl methyl sites for hydroxylation is 1. The van der Waals surface area contributed by atoms with E-state index >= 15 is 0 Å². The van der Waals surface area contributed by atoms with Gasteiger partial charge in [0.15, 0.2) is 0 Å². The molecule has 0 unspecified atom stereocenters. The van der Waals surface area contributed by atoms with Crippen molar-refractivity contribution in [2.24, 2.45) is 0 Å². The number of hydrogen-bond donors (Lipinski definition) is 1. The molecule has 0 aliphatic carbocycles. The maximum atomic E-state index is 13.5. The molecule has 0 radical (unpaired) electrons. The van der Waals surface area contributed by atoms with Crippen LogP contribution in [0.4, 0.5) is 10.1 Å². The highest BCUT2D eigenvalue weighted by Crippen LogP contribution is 2.30. The number of rotatable bonds is 3. The molecule has 1 aliphatic heterocycles. The average Bonchev–Trinajstić information content (AvgIpc) is 3.03. The third-order valence-corrected chi connectivity index (χ3v) is 4.68. The van der Waals surface area contributed by atoms with Crippen LogP contribution in [-0.2, 0) is 13.1 Å². The van der Waals surface area contributed by atoms with Gasteiger partial charge in [0.1, 0.15) is 22.4 Å². The molecule has 3 heterocycles. The summed E-state index contributed by atoms with van der Waals surface area (Å²) in [6.07, 6.45) is 3.14. The van der Waals surface area contributed by atoms with Crippen molar-refractivity contribution in [3.8, 4) is 11.6 Å². The van der Waals surface area contributed by atoms with Gasteiger partial charge in [0.05, 0.1) is 24.6 Å². The number of H-pyrrole nitrogens is 1. The van der Waals surface area contributed by atoms with E-state index in [0.717, 1.165) is 11.4 Å². The molecule has 134 valence electrons. The monoisotopic (exact) mass is 375 g/mol. The standard InChI is InChI=1S/C17H15ClFN5O2/c1-10-2-3-11(19)6-13(10)26-15-8-20-14-9-23(4-5-24(14)15)12-7-21-22-17(25)16(12)18/h2-3,6-8H,4-5,9H2,1H3,(H,22,25). The van der Waals surface area contributed by atoms with Crippen molar-refractivity contribution in [1.82, 2.24) is 19.7 Å². The molecule has 0 fully saturated rings. The Morgan fingerprint density at radius 2 is 2.15 bits per heavy atom. The number of imidazole rings is 1. The number of halogens is 2. The number of benzene rings is 1. The highest BCUT2D eigenvalue weighted by Gasteiger charge is 2.23. The van der Waals surface area contributed by atoms with Gasteiger partial charge in [-0.3, -0.25) is 9.36 Å². The Morgan fingerprint density at radius 1 is 1.31 bits per heavy atom. The fourth-order valence-corrected chi connectivity index (χ4v) is 3.12. The fourth-order valence-electron chi connectivity index (χ4n) is 2.91. The SMILES string of the molecule is Cc1ccc(F)cc1Oc1cnc2n1CCN(c1cn[nH]c(=O)c1Cl)C2. The van der Waals surface area contributed by atoms with Crippen LogP contribution in [0.5, 0.6) is 11.6 Å². The Hall–Kier alpha value is -2.87. The van der Waals surface area contributed by atoms with Crippen molar-refractivity contribution in [3.63, 3.8) is 0 Å². The first kappa shape index (κ1) is 16.6. The number of anilines is 1. The van der Waals surface area contributed by atoms with Gasteiger partial charge in [-0.1, -0.05) is 17.7 Å². The zero-order valence-corrected chi connectivity index (χ0v) is 14.6. The Balaban J connectivity index is 1.60. The smallest absolute Gasteiger partial charge is 0.285 e. The van der Waals surface area contributed by atoms with Gasteiger partial charge in [0.25, 0.3) is 5.56 Å². The molecule has 4 rings (SSSR count). The first-order chi connectivity index (χ1) is 12.5. The predicted octanol–water partition coefficient (Wildman–Crippen LogP) is 2.88. The van der Waals surface area contributed by atoms with Crippen LogP contribution in [0.15, 0.2) is 35.4 Å². The molecule has 7 nitrogen and oxygen atoms in total. The zero-order chi connectivity index (χ0) is 18.3. The number of ether oxygens (including phenoxy) is 1. The Kier molecular flexibility index (Phi) is 4.12. The minimum absolute atomic E-state index is 0.104. The van der Waals surface area contributed by atoms with E-state index in [9.17, 15) is 9.18 Å². The minimum Gasteiger partial charge on any atom is -0.439 e. The maximum absolute atomic E-state index is 13.5. The lowest BCUT2D eigenvalue weighted by molar-refractivity contribution is 0.408. The van der Waals surface area contributed by atoms with E-state index in [1.165, 1.54) is 18.3 Å². The highest BCUT2D eigenvalue weighted by atomic mass is 35.5. The van der Waals surface area contributed by atoms with Gasteiger partial charge in [-0.15, -0.1) is 0 Å². The molecule has 0 bridgehead atoms. The van der Waals surface area contributed by atoms with Crippen molar-refractivity contribution >= 4 is 17.3 Å². The number of aromatic amines is 1. The lowest BCUT2D eigenvalue weighted by Gasteiger charge is -2.30. The van der Waals surface area contributed by atoms with Crippen LogP contribution in [0, 0.1) is 12.7 Å². The number of nitrogens with one attached hydrogen (secondary N) is 1. The lowest BCUT2D eigenvalue weighted by atomic mass is 10.2. The topological polar surface area (TPSA) is 76.0 Å². The summed E-state index contributed by atoms with van der Waals surface area (Å²) in [5.41, 5.74) is 0.970. The average molecular weight is 376 g/mol. The normalized spacial score (nSPS) is 13.6. The second kappa shape index (κ2) is 6.45. The predicted molar refractivity (Wildman–Crippen MR) is 94.4 cm³/mol. The molecule has 3 aromatic rings. The first-order valence-electron chi connectivity index (χ1n) is 7.99. The first-order valence-corrected chi connectivity index (χ1v) is 8.37. The van der Waals surface area contributed by atoms with Gasteiger partial charge in [-0.2, -0.15) is 5.10 Å².